The van der Waals surface area contributed by atoms with Crippen molar-refractivity contribution >= 4 is 16.9 Å². The highest BCUT2D eigenvalue weighted by Crippen LogP contribution is 2.43. The van der Waals surface area contributed by atoms with Gasteiger partial charge in [-0.3, -0.25) is 0 Å². The van der Waals surface area contributed by atoms with E-state index in [0.717, 1.165) is 23.2 Å². The molecule has 0 bridgehead atoms. The fraction of sp³-hybridized carbons (Fsp3) is 0.310. The van der Waals surface area contributed by atoms with Gasteiger partial charge in [0.1, 0.15) is 11.6 Å². The molecular weight excluding hydrogens is 411 g/mol. The first kappa shape index (κ1) is 22.9. The van der Waals surface area contributed by atoms with Gasteiger partial charge in [-0.2, -0.15) is 0 Å². The third kappa shape index (κ3) is 4.47. The normalized spacial score (nSPS) is 14.2. The average Bonchev–Trinajstić information content (AvgIpc) is 2.77. The van der Waals surface area contributed by atoms with Gasteiger partial charge in [0.15, 0.2) is 0 Å². The molecule has 4 heteroatoms. The third-order valence-electron chi connectivity index (χ3n) is 6.38. The summed E-state index contributed by atoms with van der Waals surface area (Å²) in [6, 6.07) is 15.4. The molecule has 33 heavy (non-hydrogen) atoms. The zero-order chi connectivity index (χ0) is 23.8. The number of para-hydroxylation sites is 1. The molecule has 1 aliphatic rings. The monoisotopic (exact) mass is 444 g/mol. The Balaban J connectivity index is 1.89. The van der Waals surface area contributed by atoms with Crippen LogP contribution in [0.5, 0.6) is 5.75 Å². The first-order valence-corrected chi connectivity index (χ1v) is 11.5. The van der Waals surface area contributed by atoms with Crippen molar-refractivity contribution in [3.8, 4) is 16.9 Å². The largest absolute Gasteiger partial charge is 0.496 e. The van der Waals surface area contributed by atoms with Crippen molar-refractivity contribution in [1.29, 1.82) is 0 Å². The second kappa shape index (κ2) is 8.93. The van der Waals surface area contributed by atoms with Crippen LogP contribution in [0, 0.1) is 12.7 Å². The van der Waals surface area contributed by atoms with Crippen LogP contribution in [0.15, 0.2) is 54.6 Å². The number of allylic oxidation sites excluding steroid dienone is 1. The molecular formula is C29H33FN2O. The molecule has 3 nitrogen and oxygen atoms in total. The van der Waals surface area contributed by atoms with Crippen LogP contribution in [0.2, 0.25) is 0 Å². The number of hydrogen-bond donors (Lipinski definition) is 2. The number of aryl methyl sites for hydroxylation is 2. The Morgan fingerprint density at radius 1 is 1.03 bits per heavy atom. The number of benzene rings is 3. The molecule has 0 fully saturated rings. The van der Waals surface area contributed by atoms with Crippen LogP contribution in [0.3, 0.4) is 0 Å². The Labute approximate surface area is 196 Å². The lowest BCUT2D eigenvalue weighted by Crippen LogP contribution is -2.32. The molecule has 4 rings (SSSR count). The van der Waals surface area contributed by atoms with E-state index in [1.165, 1.54) is 45.6 Å². The van der Waals surface area contributed by atoms with Gasteiger partial charge >= 0.3 is 0 Å². The molecule has 3 aromatic rings. The number of halogens is 1. The first-order valence-electron chi connectivity index (χ1n) is 11.5. The van der Waals surface area contributed by atoms with Gasteiger partial charge in [0, 0.05) is 35.1 Å². The molecule has 172 valence electrons. The Hall–Kier alpha value is -3.27. The maximum atomic E-state index is 14.0. The molecule has 0 amide bonds. The number of rotatable bonds is 6. The molecule has 1 heterocycles. The minimum absolute atomic E-state index is 0.123. The molecule has 2 N–H and O–H groups in total. The molecule has 1 aliphatic heterocycles. The van der Waals surface area contributed by atoms with Crippen LogP contribution in [0.1, 0.15) is 49.9 Å². The Kier molecular flexibility index (Phi) is 6.20. The molecule has 0 unspecified atom stereocenters. The zero-order valence-corrected chi connectivity index (χ0v) is 20.4. The van der Waals surface area contributed by atoms with Gasteiger partial charge in [-0.25, -0.2) is 4.39 Å². The number of fused-ring (bicyclic) bond motifs is 1. The summed E-state index contributed by atoms with van der Waals surface area (Å²) in [4.78, 5) is 0. The number of hydrogen-bond acceptors (Lipinski definition) is 3. The van der Waals surface area contributed by atoms with Gasteiger partial charge in [0.05, 0.1) is 12.6 Å². The van der Waals surface area contributed by atoms with E-state index >= 15 is 0 Å². The lowest BCUT2D eigenvalue weighted by atomic mass is 9.85. The lowest BCUT2D eigenvalue weighted by Gasteiger charge is -2.33. The van der Waals surface area contributed by atoms with Crippen molar-refractivity contribution in [2.24, 2.45) is 0 Å². The summed E-state index contributed by atoms with van der Waals surface area (Å²) in [5.74, 6) is 0.229. The molecule has 3 aromatic carbocycles. The molecule has 0 saturated carbocycles. The van der Waals surface area contributed by atoms with E-state index < -0.39 is 0 Å². The first-order chi connectivity index (χ1) is 15.7. The third-order valence-corrected chi connectivity index (χ3v) is 6.38. The Morgan fingerprint density at radius 3 is 2.52 bits per heavy atom. The van der Waals surface area contributed by atoms with Gasteiger partial charge in [-0.05, 0) is 80.1 Å². The highest BCUT2D eigenvalue weighted by atomic mass is 19.1. The maximum Gasteiger partial charge on any atom is 0.129 e. The average molecular weight is 445 g/mol. The van der Waals surface area contributed by atoms with Gasteiger partial charge in [0.25, 0.3) is 0 Å². The zero-order valence-electron chi connectivity index (χ0n) is 20.4. The van der Waals surface area contributed by atoms with Gasteiger partial charge in [-0.15, -0.1) is 0 Å². The fourth-order valence-electron chi connectivity index (χ4n) is 4.98. The summed E-state index contributed by atoms with van der Waals surface area (Å²) in [5, 5.41) is 7.39. The van der Waals surface area contributed by atoms with E-state index in [4.69, 9.17) is 4.74 Å². The van der Waals surface area contributed by atoms with E-state index in [1.54, 1.807) is 7.11 Å². The van der Waals surface area contributed by atoms with Crippen LogP contribution in [0.4, 0.5) is 15.8 Å². The number of nitrogens with one attached hydrogen (secondary N) is 2. The van der Waals surface area contributed by atoms with Crippen LogP contribution < -0.4 is 15.4 Å². The summed E-state index contributed by atoms with van der Waals surface area (Å²) in [7, 11) is 1.59. The minimum atomic E-state index is -0.305. The van der Waals surface area contributed by atoms with E-state index in [0.29, 0.717) is 12.3 Å². The Bertz CT molecular complexity index is 1230. The van der Waals surface area contributed by atoms with E-state index in [9.17, 15) is 4.39 Å². The number of ether oxygens (including phenoxy) is 1. The topological polar surface area (TPSA) is 33.3 Å². The molecule has 0 spiro atoms. The van der Waals surface area contributed by atoms with Crippen molar-refractivity contribution in [3.05, 3.63) is 82.7 Å². The molecule has 0 atom stereocenters. The smallest absolute Gasteiger partial charge is 0.129 e. The van der Waals surface area contributed by atoms with E-state index in [2.05, 4.69) is 81.7 Å². The highest BCUT2D eigenvalue weighted by Gasteiger charge is 2.26. The lowest BCUT2D eigenvalue weighted by molar-refractivity contribution is 0.413. The quantitative estimate of drug-likeness (QED) is 0.411. The van der Waals surface area contributed by atoms with E-state index in [-0.39, 0.29) is 11.4 Å². The second-order valence-electron chi connectivity index (χ2n) is 9.35. The minimum Gasteiger partial charge on any atom is -0.496 e. The van der Waals surface area contributed by atoms with Crippen LogP contribution in [0.25, 0.3) is 16.7 Å². The maximum absolute atomic E-state index is 14.0. The summed E-state index contributed by atoms with van der Waals surface area (Å²) < 4.78 is 19.5. The number of methoxy groups -OCH3 is 1. The summed E-state index contributed by atoms with van der Waals surface area (Å²) in [5.41, 5.74) is 10.2. The summed E-state index contributed by atoms with van der Waals surface area (Å²) >= 11 is 0. The van der Waals surface area contributed by atoms with Crippen molar-refractivity contribution in [2.45, 2.75) is 53.1 Å². The van der Waals surface area contributed by atoms with Gasteiger partial charge < -0.3 is 15.4 Å². The predicted molar refractivity (Wildman–Crippen MR) is 138 cm³/mol. The van der Waals surface area contributed by atoms with Gasteiger partial charge in [0.2, 0.25) is 0 Å². The SMILES string of the molecule is CCc1cccc(C)c1NCc1c(-c2ccc(F)cc2OC)ccc2c1C(C)=CC(C)(C)N2. The Morgan fingerprint density at radius 2 is 1.79 bits per heavy atom. The van der Waals surface area contributed by atoms with Crippen molar-refractivity contribution in [1.82, 2.24) is 0 Å². The van der Waals surface area contributed by atoms with E-state index in [1.807, 2.05) is 6.07 Å². The molecule has 0 saturated heterocycles. The molecule has 0 aromatic heterocycles. The van der Waals surface area contributed by atoms with Crippen LogP contribution in [-0.2, 0) is 13.0 Å². The fourth-order valence-corrected chi connectivity index (χ4v) is 4.98. The standard InChI is InChI=1S/C29H33FN2O/c1-7-20-10-8-9-18(2)28(20)31-17-24-22(23-12-11-21(30)15-26(23)33-6)13-14-25-27(24)19(3)16-29(4,5)32-25/h8-16,31-32H,7,17H2,1-6H3. The second-order valence-corrected chi connectivity index (χ2v) is 9.35. The molecule has 0 aliphatic carbocycles. The van der Waals surface area contributed by atoms with Crippen molar-refractivity contribution in [3.63, 3.8) is 0 Å². The number of anilines is 2. The van der Waals surface area contributed by atoms with Crippen molar-refractivity contribution in [2.75, 3.05) is 17.7 Å². The van der Waals surface area contributed by atoms with Crippen molar-refractivity contribution < 1.29 is 9.13 Å². The van der Waals surface area contributed by atoms with Crippen LogP contribution in [-0.4, -0.2) is 12.6 Å². The molecule has 0 radical (unpaired) electrons. The van der Waals surface area contributed by atoms with Gasteiger partial charge in [-0.1, -0.05) is 37.3 Å². The highest BCUT2D eigenvalue weighted by molar-refractivity contribution is 5.88. The van der Waals surface area contributed by atoms with Crippen LogP contribution >= 0.6 is 0 Å². The summed E-state index contributed by atoms with van der Waals surface area (Å²) in [6.07, 6.45) is 3.24. The predicted octanol–water partition coefficient (Wildman–Crippen LogP) is 7.59. The summed E-state index contributed by atoms with van der Waals surface area (Å²) in [6.45, 7) is 11.5.